The topological polar surface area (TPSA) is 191 Å². The van der Waals surface area contributed by atoms with E-state index < -0.39 is 17.9 Å². The first kappa shape index (κ1) is 36.9. The van der Waals surface area contributed by atoms with Gasteiger partial charge in [0.15, 0.2) is 0 Å². The van der Waals surface area contributed by atoms with Crippen molar-refractivity contribution in [3.63, 3.8) is 0 Å². The van der Waals surface area contributed by atoms with E-state index in [0.717, 1.165) is 80.3 Å². The fraction of sp³-hybridized carbons (Fsp3) is 0.629. The van der Waals surface area contributed by atoms with Crippen LogP contribution in [0.2, 0.25) is 0 Å². The van der Waals surface area contributed by atoms with Gasteiger partial charge in [-0.3, -0.25) is 14.3 Å². The van der Waals surface area contributed by atoms with Gasteiger partial charge in [-0.05, 0) is 76.7 Å². The molecule has 1 aliphatic heterocycles. The van der Waals surface area contributed by atoms with Crippen LogP contribution in [0.15, 0.2) is 30.5 Å². The number of carboxylic acid groups (broad SMARTS) is 1. The highest BCUT2D eigenvalue weighted by molar-refractivity contribution is 5.90. The van der Waals surface area contributed by atoms with E-state index in [1.54, 1.807) is 4.90 Å². The molecule has 0 bridgehead atoms. The highest BCUT2D eigenvalue weighted by Crippen LogP contribution is 2.25. The molecule has 1 aliphatic carbocycles. The van der Waals surface area contributed by atoms with Crippen molar-refractivity contribution in [3.05, 3.63) is 36.2 Å². The van der Waals surface area contributed by atoms with Crippen LogP contribution in [-0.2, 0) is 27.5 Å². The van der Waals surface area contributed by atoms with Gasteiger partial charge in [-0.1, -0.05) is 36.6 Å². The molecule has 1 saturated heterocycles. The molecule has 15 heteroatoms. The molecule has 2 amide bonds. The van der Waals surface area contributed by atoms with Crippen molar-refractivity contribution in [3.8, 4) is 0 Å². The fourth-order valence-electron chi connectivity index (χ4n) is 6.68. The average Bonchev–Trinajstić information content (AvgIpc) is 3.58. The number of amides is 2. The van der Waals surface area contributed by atoms with Crippen molar-refractivity contribution in [2.75, 3.05) is 43.4 Å². The fourth-order valence-corrected chi connectivity index (χ4v) is 6.68. The van der Waals surface area contributed by atoms with Crippen LogP contribution in [0.1, 0.15) is 83.2 Å². The van der Waals surface area contributed by atoms with Gasteiger partial charge in [-0.2, -0.15) is 4.98 Å². The zero-order chi connectivity index (χ0) is 35.1. The number of nitrogens with zero attached hydrogens (tertiary/aromatic N) is 6. The predicted octanol–water partition coefficient (Wildman–Crippen LogP) is 2.90. The minimum Gasteiger partial charge on any atom is -0.480 e. The van der Waals surface area contributed by atoms with Gasteiger partial charge in [-0.25, -0.2) is 9.78 Å². The number of hydrogen-bond donors (Lipinski definition) is 6. The van der Waals surface area contributed by atoms with Gasteiger partial charge in [-0.15, -0.1) is 5.10 Å². The number of piperidine rings is 1. The summed E-state index contributed by atoms with van der Waals surface area (Å²) in [7, 11) is 0. The van der Waals surface area contributed by atoms with Crippen LogP contribution in [0.5, 0.6) is 0 Å². The van der Waals surface area contributed by atoms with Crippen molar-refractivity contribution in [2.45, 2.75) is 109 Å². The molecule has 1 saturated carbocycles. The smallest absolute Gasteiger partial charge is 0.326 e. The molecule has 1 unspecified atom stereocenters. The molecule has 6 N–H and O–H groups in total. The predicted molar refractivity (Wildman–Crippen MR) is 192 cm³/mol. The number of fused-ring (bicyclic) bond motifs is 1. The highest BCUT2D eigenvalue weighted by atomic mass is 16.4. The Balaban J connectivity index is 1.04. The first-order valence-electron chi connectivity index (χ1n) is 18.2. The third-order valence-corrected chi connectivity index (χ3v) is 9.44. The lowest BCUT2D eigenvalue weighted by molar-refractivity contribution is -0.142. The summed E-state index contributed by atoms with van der Waals surface area (Å²) in [4.78, 5) is 46.8. The largest absolute Gasteiger partial charge is 0.480 e. The Morgan fingerprint density at radius 2 is 1.74 bits per heavy atom. The second-order valence-corrected chi connectivity index (χ2v) is 13.4. The molecule has 0 radical (unpaired) electrons. The van der Waals surface area contributed by atoms with Gasteiger partial charge in [0.1, 0.15) is 17.6 Å². The molecule has 0 spiro atoms. The maximum absolute atomic E-state index is 12.8. The van der Waals surface area contributed by atoms with E-state index in [-0.39, 0.29) is 24.8 Å². The lowest BCUT2D eigenvalue weighted by Crippen LogP contribution is -2.44. The standard InChI is InChI=1S/C35H53N11O4/c1-25(47)39-31(34(49)50)13-14-32(48)45-21-15-27(16-22-45)40-33-29-11-5-6-12-30(29)41-35(42-33)38-23-28-24-46(44-43-28)20-8-18-36-17-7-19-37-26-9-3-2-4-10-26/h5-6,11-12,24,26-27,31,36-37H,2-4,7-10,13-23H2,1H3,(H,39,47)(H,49,50)(H2,38,40,41,42). The number of carboxylic acids is 1. The van der Waals surface area contributed by atoms with Gasteiger partial charge < -0.3 is 36.6 Å². The first-order valence-corrected chi connectivity index (χ1v) is 18.2. The van der Waals surface area contributed by atoms with Crippen LogP contribution < -0.4 is 26.6 Å². The van der Waals surface area contributed by atoms with Gasteiger partial charge in [0, 0.05) is 50.4 Å². The van der Waals surface area contributed by atoms with Crippen LogP contribution in [0.4, 0.5) is 11.8 Å². The van der Waals surface area contributed by atoms with E-state index in [1.165, 1.54) is 39.0 Å². The summed E-state index contributed by atoms with van der Waals surface area (Å²) in [6.07, 6.45) is 12.4. The van der Waals surface area contributed by atoms with Gasteiger partial charge in [0.2, 0.25) is 17.8 Å². The molecule has 15 nitrogen and oxygen atoms in total. The third-order valence-electron chi connectivity index (χ3n) is 9.44. The number of carbonyl (C=O) groups excluding carboxylic acids is 2. The number of hydrogen-bond acceptors (Lipinski definition) is 11. The monoisotopic (exact) mass is 691 g/mol. The van der Waals surface area contributed by atoms with Crippen molar-refractivity contribution >= 4 is 40.5 Å². The van der Waals surface area contributed by atoms with Crippen LogP contribution in [0.25, 0.3) is 10.9 Å². The maximum Gasteiger partial charge on any atom is 0.326 e. The zero-order valence-electron chi connectivity index (χ0n) is 29.2. The minimum atomic E-state index is -1.14. The Hall–Kier alpha value is -4.37. The number of aryl methyl sites for hydroxylation is 1. The molecule has 2 aromatic heterocycles. The number of carbonyl (C=O) groups is 3. The molecule has 2 fully saturated rings. The molecular formula is C35H53N11O4. The zero-order valence-corrected chi connectivity index (χ0v) is 29.2. The van der Waals surface area contributed by atoms with Crippen molar-refractivity contribution in [1.82, 2.24) is 45.8 Å². The molecule has 3 heterocycles. The quantitative estimate of drug-likeness (QED) is 0.101. The second-order valence-electron chi connectivity index (χ2n) is 13.4. The van der Waals surface area contributed by atoms with E-state index in [9.17, 15) is 19.5 Å². The van der Waals surface area contributed by atoms with E-state index in [4.69, 9.17) is 9.97 Å². The Labute approximate surface area is 293 Å². The Morgan fingerprint density at radius 3 is 2.52 bits per heavy atom. The number of nitrogens with one attached hydrogen (secondary N) is 5. The molecular weight excluding hydrogens is 638 g/mol. The number of anilines is 2. The maximum atomic E-state index is 12.8. The number of para-hydroxylation sites is 1. The van der Waals surface area contributed by atoms with E-state index in [1.807, 2.05) is 35.1 Å². The summed E-state index contributed by atoms with van der Waals surface area (Å²) in [6.45, 7) is 6.64. The minimum absolute atomic E-state index is 0.0565. The number of likely N-dealkylation sites (tertiary alicyclic amines) is 1. The van der Waals surface area contributed by atoms with Gasteiger partial charge in [0.25, 0.3) is 0 Å². The molecule has 50 heavy (non-hydrogen) atoms. The van der Waals surface area contributed by atoms with E-state index in [2.05, 4.69) is 36.9 Å². The van der Waals surface area contributed by atoms with E-state index >= 15 is 0 Å². The van der Waals surface area contributed by atoms with Crippen molar-refractivity contribution < 1.29 is 19.5 Å². The first-order chi connectivity index (χ1) is 24.3. The Bertz CT molecular complexity index is 1540. The number of rotatable bonds is 19. The van der Waals surface area contributed by atoms with Gasteiger partial charge >= 0.3 is 5.97 Å². The average molecular weight is 692 g/mol. The lowest BCUT2D eigenvalue weighted by atomic mass is 9.95. The number of aliphatic carboxylic acids is 1. The summed E-state index contributed by atoms with van der Waals surface area (Å²) in [5.74, 6) is -0.473. The molecule has 1 atom stereocenters. The summed E-state index contributed by atoms with van der Waals surface area (Å²) >= 11 is 0. The van der Waals surface area contributed by atoms with E-state index in [0.29, 0.717) is 25.6 Å². The Morgan fingerprint density at radius 1 is 0.960 bits per heavy atom. The lowest BCUT2D eigenvalue weighted by Gasteiger charge is -2.33. The van der Waals surface area contributed by atoms with Crippen molar-refractivity contribution in [1.29, 1.82) is 0 Å². The molecule has 1 aromatic carbocycles. The van der Waals surface area contributed by atoms with Crippen LogP contribution in [0, 0.1) is 0 Å². The van der Waals surface area contributed by atoms with Crippen LogP contribution >= 0.6 is 0 Å². The van der Waals surface area contributed by atoms with Crippen LogP contribution in [0.3, 0.4) is 0 Å². The second kappa shape index (κ2) is 19.1. The summed E-state index contributed by atoms with van der Waals surface area (Å²) in [5, 5.41) is 35.4. The molecule has 272 valence electrons. The molecule has 5 rings (SSSR count). The van der Waals surface area contributed by atoms with Gasteiger partial charge in [0.05, 0.1) is 18.3 Å². The third kappa shape index (κ3) is 11.6. The summed E-state index contributed by atoms with van der Waals surface area (Å²) < 4.78 is 1.88. The Kier molecular flexibility index (Phi) is 14.1. The molecule has 3 aromatic rings. The SMILES string of the molecule is CC(=O)NC(CCC(=O)N1CCC(Nc2nc(NCc3cn(CCCNCCCNC4CCCCC4)nn3)nc3ccccc23)CC1)C(=O)O. The normalized spacial score (nSPS) is 16.3. The molecule has 2 aliphatic rings. The summed E-state index contributed by atoms with van der Waals surface area (Å²) in [5.41, 5.74) is 1.62. The summed E-state index contributed by atoms with van der Waals surface area (Å²) in [6, 6.07) is 7.60. The number of benzene rings is 1. The van der Waals surface area contributed by atoms with Crippen LogP contribution in [-0.4, -0.2) is 104 Å². The van der Waals surface area contributed by atoms with Crippen molar-refractivity contribution in [2.24, 2.45) is 0 Å². The highest BCUT2D eigenvalue weighted by Gasteiger charge is 2.26. The number of aromatic nitrogens is 5.